The molecule has 0 aliphatic heterocycles. The van der Waals surface area contributed by atoms with Gasteiger partial charge in [0.1, 0.15) is 0 Å². The first kappa shape index (κ1) is 9.92. The van der Waals surface area contributed by atoms with E-state index in [9.17, 15) is 0 Å². The Morgan fingerprint density at radius 1 is 1.40 bits per heavy atom. The quantitative estimate of drug-likeness (QED) is 0.621. The molecule has 0 fully saturated rings. The summed E-state index contributed by atoms with van der Waals surface area (Å²) in [5, 5.41) is 12.2. The number of likely N-dealkylation sites (N-methyl/N-ethyl adjacent to an activating group) is 1. The number of aliphatic hydroxyl groups is 1. The second-order valence-corrected chi connectivity index (χ2v) is 3.66. The lowest BCUT2D eigenvalue weighted by Gasteiger charge is -2.29. The molecular formula is C8H19NO. The van der Waals surface area contributed by atoms with Gasteiger partial charge in [0.05, 0.1) is 6.61 Å². The molecule has 0 saturated carbocycles. The van der Waals surface area contributed by atoms with Crippen LogP contribution in [0.3, 0.4) is 0 Å². The minimum atomic E-state index is 0.157. The molecular weight excluding hydrogens is 126 g/mol. The molecule has 0 radical (unpaired) electrons. The maximum Gasteiger partial charge on any atom is 0.0589 e. The average molecular weight is 145 g/mol. The molecule has 0 aliphatic carbocycles. The van der Waals surface area contributed by atoms with Crippen molar-refractivity contribution in [1.82, 2.24) is 5.32 Å². The summed E-state index contributed by atoms with van der Waals surface area (Å²) >= 11 is 0. The van der Waals surface area contributed by atoms with Crippen LogP contribution in [0.15, 0.2) is 0 Å². The van der Waals surface area contributed by atoms with Crippen LogP contribution in [-0.4, -0.2) is 24.3 Å². The summed E-state index contributed by atoms with van der Waals surface area (Å²) in [5.41, 5.74) is 0.157. The van der Waals surface area contributed by atoms with Gasteiger partial charge in [-0.05, 0) is 12.0 Å². The Morgan fingerprint density at radius 2 is 1.90 bits per heavy atom. The van der Waals surface area contributed by atoms with Crippen molar-refractivity contribution in [1.29, 1.82) is 0 Å². The van der Waals surface area contributed by atoms with Gasteiger partial charge in [-0.2, -0.15) is 0 Å². The van der Waals surface area contributed by atoms with Gasteiger partial charge in [-0.1, -0.05) is 27.7 Å². The molecule has 62 valence electrons. The molecule has 2 N–H and O–H groups in total. The van der Waals surface area contributed by atoms with Gasteiger partial charge in [-0.3, -0.25) is 0 Å². The lowest BCUT2D eigenvalue weighted by Crippen LogP contribution is -2.42. The Hall–Kier alpha value is -0.0800. The average Bonchev–Trinajstić information content (AvgIpc) is 1.80. The van der Waals surface area contributed by atoms with Gasteiger partial charge in [0.25, 0.3) is 0 Å². The lowest BCUT2D eigenvalue weighted by atomic mass is 9.87. The molecule has 0 amide bonds. The molecule has 2 nitrogen and oxygen atoms in total. The predicted molar refractivity (Wildman–Crippen MR) is 44.0 cm³/mol. The second kappa shape index (κ2) is 3.94. The zero-order chi connectivity index (χ0) is 8.20. The molecule has 0 saturated heterocycles. The second-order valence-electron chi connectivity index (χ2n) is 3.66. The fourth-order valence-corrected chi connectivity index (χ4v) is 0.891. The van der Waals surface area contributed by atoms with Gasteiger partial charge in [-0.15, -0.1) is 0 Å². The summed E-state index contributed by atoms with van der Waals surface area (Å²) in [5.74, 6) is 0. The van der Waals surface area contributed by atoms with Gasteiger partial charge in [0.2, 0.25) is 0 Å². The smallest absolute Gasteiger partial charge is 0.0589 e. The van der Waals surface area contributed by atoms with Crippen LogP contribution in [0.5, 0.6) is 0 Å². The predicted octanol–water partition coefficient (Wildman–Crippen LogP) is 1.00. The Kier molecular flexibility index (Phi) is 3.91. The van der Waals surface area contributed by atoms with Crippen molar-refractivity contribution in [2.45, 2.75) is 33.7 Å². The highest BCUT2D eigenvalue weighted by atomic mass is 16.3. The first-order valence-corrected chi connectivity index (χ1v) is 3.86. The summed E-state index contributed by atoms with van der Waals surface area (Å²) in [4.78, 5) is 0. The highest BCUT2D eigenvalue weighted by Gasteiger charge is 2.22. The fourth-order valence-electron chi connectivity index (χ4n) is 0.891. The molecule has 10 heavy (non-hydrogen) atoms. The first-order valence-electron chi connectivity index (χ1n) is 3.86. The Bertz CT molecular complexity index is 85.7. The van der Waals surface area contributed by atoms with Crippen molar-refractivity contribution >= 4 is 0 Å². The summed E-state index contributed by atoms with van der Waals surface area (Å²) in [7, 11) is 0. The molecule has 0 unspecified atom stereocenters. The van der Waals surface area contributed by atoms with E-state index in [1.54, 1.807) is 0 Å². The van der Waals surface area contributed by atoms with E-state index in [0.717, 1.165) is 6.54 Å². The number of hydrogen-bond donors (Lipinski definition) is 2. The molecule has 0 bridgehead atoms. The molecule has 0 heterocycles. The van der Waals surface area contributed by atoms with E-state index < -0.39 is 0 Å². The summed E-state index contributed by atoms with van der Waals surface area (Å²) in [6.07, 6.45) is 0. The lowest BCUT2D eigenvalue weighted by molar-refractivity contribution is 0.161. The number of aliphatic hydroxyl groups excluding tert-OH is 1. The first-order chi connectivity index (χ1) is 4.52. The van der Waals surface area contributed by atoms with Gasteiger partial charge in [0, 0.05) is 6.04 Å². The van der Waals surface area contributed by atoms with Crippen molar-refractivity contribution < 1.29 is 5.11 Å². The Morgan fingerprint density at radius 3 is 2.00 bits per heavy atom. The maximum atomic E-state index is 8.93. The van der Waals surface area contributed by atoms with Crippen LogP contribution in [0.1, 0.15) is 27.7 Å². The fraction of sp³-hybridized carbons (Fsp3) is 1.00. The van der Waals surface area contributed by atoms with Gasteiger partial charge in [-0.25, -0.2) is 0 Å². The highest BCUT2D eigenvalue weighted by Crippen LogP contribution is 2.18. The summed E-state index contributed by atoms with van der Waals surface area (Å²) in [6, 6.07) is 0.220. The zero-order valence-corrected chi connectivity index (χ0v) is 7.44. The minimum Gasteiger partial charge on any atom is -0.395 e. The molecule has 2 heteroatoms. The summed E-state index contributed by atoms with van der Waals surface area (Å²) in [6.45, 7) is 9.55. The van der Waals surface area contributed by atoms with Crippen LogP contribution in [0, 0.1) is 5.41 Å². The maximum absolute atomic E-state index is 8.93. The topological polar surface area (TPSA) is 32.3 Å². The van der Waals surface area contributed by atoms with E-state index in [1.807, 2.05) is 0 Å². The monoisotopic (exact) mass is 145 g/mol. The van der Waals surface area contributed by atoms with Crippen LogP contribution >= 0.6 is 0 Å². The molecule has 0 aliphatic rings. The van der Waals surface area contributed by atoms with Crippen molar-refractivity contribution in [3.63, 3.8) is 0 Å². The van der Waals surface area contributed by atoms with Crippen LogP contribution < -0.4 is 5.32 Å². The van der Waals surface area contributed by atoms with Crippen LogP contribution in [-0.2, 0) is 0 Å². The van der Waals surface area contributed by atoms with Gasteiger partial charge in [0.15, 0.2) is 0 Å². The largest absolute Gasteiger partial charge is 0.395 e. The van der Waals surface area contributed by atoms with E-state index in [0.29, 0.717) is 0 Å². The third-order valence-electron chi connectivity index (χ3n) is 1.68. The van der Waals surface area contributed by atoms with Crippen molar-refractivity contribution in [2.75, 3.05) is 13.2 Å². The minimum absolute atomic E-state index is 0.157. The van der Waals surface area contributed by atoms with E-state index in [4.69, 9.17) is 5.11 Å². The highest BCUT2D eigenvalue weighted by molar-refractivity contribution is 4.78. The van der Waals surface area contributed by atoms with Crippen LogP contribution in [0.2, 0.25) is 0 Å². The van der Waals surface area contributed by atoms with Gasteiger partial charge >= 0.3 is 0 Å². The normalized spacial score (nSPS) is 15.3. The molecule has 0 aromatic heterocycles. The number of nitrogens with one attached hydrogen (secondary N) is 1. The van der Waals surface area contributed by atoms with Crippen LogP contribution in [0.4, 0.5) is 0 Å². The van der Waals surface area contributed by atoms with Gasteiger partial charge < -0.3 is 10.4 Å². The molecule has 1 atom stereocenters. The van der Waals surface area contributed by atoms with Crippen molar-refractivity contribution in [3.8, 4) is 0 Å². The number of rotatable bonds is 3. The third kappa shape index (κ3) is 3.18. The van der Waals surface area contributed by atoms with Crippen LogP contribution in [0.25, 0.3) is 0 Å². The van der Waals surface area contributed by atoms with Crippen molar-refractivity contribution in [2.24, 2.45) is 5.41 Å². The Labute approximate surface area is 63.6 Å². The SMILES string of the molecule is CCN[C@@H](CO)C(C)(C)C. The third-order valence-corrected chi connectivity index (χ3v) is 1.68. The molecule has 0 aromatic carbocycles. The zero-order valence-electron chi connectivity index (χ0n) is 7.44. The molecule has 0 rings (SSSR count). The standard InChI is InChI=1S/C8H19NO/c1-5-9-7(6-10)8(2,3)4/h7,9-10H,5-6H2,1-4H3/t7-/m0/s1. The van der Waals surface area contributed by atoms with E-state index in [1.165, 1.54) is 0 Å². The van der Waals surface area contributed by atoms with E-state index >= 15 is 0 Å². The van der Waals surface area contributed by atoms with E-state index in [-0.39, 0.29) is 18.1 Å². The molecule has 0 aromatic rings. The molecule has 0 spiro atoms. The summed E-state index contributed by atoms with van der Waals surface area (Å²) < 4.78 is 0. The number of hydrogen-bond acceptors (Lipinski definition) is 2. The van der Waals surface area contributed by atoms with Crippen molar-refractivity contribution in [3.05, 3.63) is 0 Å². The van der Waals surface area contributed by atoms with E-state index in [2.05, 4.69) is 33.0 Å². The Balaban J connectivity index is 3.81.